The van der Waals surface area contributed by atoms with Gasteiger partial charge in [-0.3, -0.25) is 9.67 Å². The molecular weight excluding hydrogens is 288 g/mol. The molecule has 0 fully saturated rings. The second-order valence-electron chi connectivity index (χ2n) is 4.94. The van der Waals surface area contributed by atoms with Crippen molar-refractivity contribution >= 4 is 10.0 Å². The Morgan fingerprint density at radius 1 is 1.29 bits per heavy atom. The van der Waals surface area contributed by atoms with Gasteiger partial charge in [-0.1, -0.05) is 0 Å². The normalized spacial score (nSPS) is 13.3. The highest BCUT2D eigenvalue weighted by atomic mass is 32.2. The van der Waals surface area contributed by atoms with Gasteiger partial charge in [0.1, 0.15) is 4.90 Å². The van der Waals surface area contributed by atoms with E-state index >= 15 is 0 Å². The molecule has 0 aliphatic heterocycles. The van der Waals surface area contributed by atoms with Crippen LogP contribution in [0.1, 0.15) is 36.8 Å². The predicted molar refractivity (Wildman–Crippen MR) is 80.3 cm³/mol. The summed E-state index contributed by atoms with van der Waals surface area (Å²) in [5.41, 5.74) is 2.04. The summed E-state index contributed by atoms with van der Waals surface area (Å²) in [6.07, 6.45) is 3.29. The number of nitrogens with one attached hydrogen (secondary N) is 1. The topological polar surface area (TPSA) is 76.9 Å². The van der Waals surface area contributed by atoms with Crippen LogP contribution in [0.15, 0.2) is 29.4 Å². The largest absolute Gasteiger partial charge is 0.268 e. The van der Waals surface area contributed by atoms with Crippen molar-refractivity contribution in [2.24, 2.45) is 0 Å². The quantitative estimate of drug-likeness (QED) is 0.916. The Balaban J connectivity index is 2.33. The van der Waals surface area contributed by atoms with Crippen LogP contribution in [0.25, 0.3) is 0 Å². The van der Waals surface area contributed by atoms with Crippen molar-refractivity contribution in [3.8, 4) is 0 Å². The van der Waals surface area contributed by atoms with Crippen molar-refractivity contribution in [2.75, 3.05) is 0 Å². The predicted octanol–water partition coefficient (Wildman–Crippen LogP) is 1.95. The highest BCUT2D eigenvalue weighted by Gasteiger charge is 2.26. The number of rotatable bonds is 5. The van der Waals surface area contributed by atoms with Gasteiger partial charge >= 0.3 is 0 Å². The second-order valence-corrected chi connectivity index (χ2v) is 6.59. The van der Waals surface area contributed by atoms with Crippen LogP contribution in [0.5, 0.6) is 0 Å². The lowest BCUT2D eigenvalue weighted by Gasteiger charge is -2.14. The van der Waals surface area contributed by atoms with Crippen molar-refractivity contribution in [1.82, 2.24) is 19.5 Å². The van der Waals surface area contributed by atoms with E-state index in [1.165, 1.54) is 0 Å². The molecule has 0 saturated carbocycles. The summed E-state index contributed by atoms with van der Waals surface area (Å²) in [4.78, 5) is 4.20. The minimum absolute atomic E-state index is 0.269. The summed E-state index contributed by atoms with van der Waals surface area (Å²) in [7, 11) is -3.61. The van der Waals surface area contributed by atoms with Gasteiger partial charge < -0.3 is 0 Å². The average Bonchev–Trinajstić information content (AvgIpc) is 2.74. The molecule has 6 nitrogen and oxygen atoms in total. The van der Waals surface area contributed by atoms with Crippen LogP contribution in [0.2, 0.25) is 0 Å². The Labute approximate surface area is 125 Å². The van der Waals surface area contributed by atoms with Gasteiger partial charge in [0.2, 0.25) is 10.0 Å². The van der Waals surface area contributed by atoms with Crippen LogP contribution in [-0.2, 0) is 16.6 Å². The van der Waals surface area contributed by atoms with Gasteiger partial charge in [-0.2, -0.15) is 5.10 Å². The van der Waals surface area contributed by atoms with Crippen LogP contribution >= 0.6 is 0 Å². The van der Waals surface area contributed by atoms with E-state index in [0.717, 1.165) is 5.56 Å². The molecular formula is C14H20N4O2S. The summed E-state index contributed by atoms with van der Waals surface area (Å²) >= 11 is 0. The number of aromatic nitrogens is 3. The fraction of sp³-hybridized carbons (Fsp3) is 0.429. The van der Waals surface area contributed by atoms with E-state index in [4.69, 9.17) is 0 Å². The molecule has 0 radical (unpaired) electrons. The van der Waals surface area contributed by atoms with Crippen LogP contribution in [0.3, 0.4) is 0 Å². The SMILES string of the molecule is CCn1nc(C)c(S(=O)(=O)N[C@H](C)c2ccncc2)c1C. The molecule has 2 heterocycles. The highest BCUT2D eigenvalue weighted by molar-refractivity contribution is 7.89. The summed E-state index contributed by atoms with van der Waals surface area (Å²) in [6, 6.07) is 3.26. The first-order valence-corrected chi connectivity index (χ1v) is 8.31. The monoisotopic (exact) mass is 308 g/mol. The molecule has 21 heavy (non-hydrogen) atoms. The van der Waals surface area contributed by atoms with E-state index in [1.807, 2.05) is 13.8 Å². The zero-order valence-corrected chi connectivity index (χ0v) is 13.5. The zero-order valence-electron chi connectivity index (χ0n) is 12.7. The number of aryl methyl sites for hydroxylation is 2. The zero-order chi connectivity index (χ0) is 15.6. The third-order valence-electron chi connectivity index (χ3n) is 3.42. The first kappa shape index (κ1) is 15.7. The van der Waals surface area contributed by atoms with Crippen LogP contribution in [-0.4, -0.2) is 23.2 Å². The van der Waals surface area contributed by atoms with Crippen molar-refractivity contribution in [3.63, 3.8) is 0 Å². The molecule has 114 valence electrons. The third kappa shape index (κ3) is 3.14. The van der Waals surface area contributed by atoms with Gasteiger partial charge in [0.15, 0.2) is 0 Å². The molecule has 2 rings (SSSR count). The lowest BCUT2D eigenvalue weighted by molar-refractivity contribution is 0.564. The van der Waals surface area contributed by atoms with E-state index in [1.54, 1.807) is 43.1 Å². The van der Waals surface area contributed by atoms with Crippen molar-refractivity contribution in [2.45, 2.75) is 45.2 Å². The minimum atomic E-state index is -3.61. The highest BCUT2D eigenvalue weighted by Crippen LogP contribution is 2.22. The molecule has 0 aliphatic carbocycles. The maximum Gasteiger partial charge on any atom is 0.244 e. The fourth-order valence-corrected chi connectivity index (χ4v) is 4.03. The Morgan fingerprint density at radius 3 is 2.43 bits per heavy atom. The molecule has 2 aromatic heterocycles. The molecule has 1 atom stereocenters. The Morgan fingerprint density at radius 2 is 1.90 bits per heavy atom. The number of nitrogens with zero attached hydrogens (tertiary/aromatic N) is 3. The lowest BCUT2D eigenvalue weighted by atomic mass is 10.1. The number of sulfonamides is 1. The van der Waals surface area contributed by atoms with Gasteiger partial charge in [-0.15, -0.1) is 0 Å². The maximum atomic E-state index is 12.6. The number of hydrogen-bond acceptors (Lipinski definition) is 4. The summed E-state index contributed by atoms with van der Waals surface area (Å²) in [5.74, 6) is 0. The van der Waals surface area contributed by atoms with E-state index in [-0.39, 0.29) is 10.9 Å². The molecule has 7 heteroatoms. The first-order chi connectivity index (χ1) is 9.86. The van der Waals surface area contributed by atoms with E-state index in [0.29, 0.717) is 17.9 Å². The Hall–Kier alpha value is -1.73. The first-order valence-electron chi connectivity index (χ1n) is 6.83. The minimum Gasteiger partial charge on any atom is -0.268 e. The number of pyridine rings is 1. The van der Waals surface area contributed by atoms with Crippen molar-refractivity contribution in [3.05, 3.63) is 41.5 Å². The molecule has 0 bridgehead atoms. The Kier molecular flexibility index (Phi) is 4.43. The molecule has 0 amide bonds. The van der Waals surface area contributed by atoms with Gasteiger partial charge in [0.25, 0.3) is 0 Å². The molecule has 0 aliphatic rings. The molecule has 0 spiro atoms. The average molecular weight is 308 g/mol. The van der Waals surface area contributed by atoms with E-state index < -0.39 is 10.0 Å². The summed E-state index contributed by atoms with van der Waals surface area (Å²) in [5, 5.41) is 4.26. The van der Waals surface area contributed by atoms with Gasteiger partial charge in [-0.05, 0) is 45.4 Å². The molecule has 0 unspecified atom stereocenters. The second kappa shape index (κ2) is 5.95. The van der Waals surface area contributed by atoms with Crippen LogP contribution < -0.4 is 4.72 Å². The number of hydrogen-bond donors (Lipinski definition) is 1. The third-order valence-corrected chi connectivity index (χ3v) is 5.21. The summed E-state index contributed by atoms with van der Waals surface area (Å²) < 4.78 is 29.6. The van der Waals surface area contributed by atoms with Gasteiger partial charge in [-0.25, -0.2) is 13.1 Å². The van der Waals surface area contributed by atoms with Crippen molar-refractivity contribution < 1.29 is 8.42 Å². The fourth-order valence-electron chi connectivity index (χ4n) is 2.39. The lowest BCUT2D eigenvalue weighted by Crippen LogP contribution is -2.27. The van der Waals surface area contributed by atoms with Crippen LogP contribution in [0, 0.1) is 13.8 Å². The smallest absolute Gasteiger partial charge is 0.244 e. The van der Waals surface area contributed by atoms with Crippen LogP contribution in [0.4, 0.5) is 0 Å². The summed E-state index contributed by atoms with van der Waals surface area (Å²) in [6.45, 7) is 7.87. The maximum absolute atomic E-state index is 12.6. The molecule has 1 N–H and O–H groups in total. The van der Waals surface area contributed by atoms with E-state index in [2.05, 4.69) is 14.8 Å². The Bertz CT molecular complexity index is 723. The van der Waals surface area contributed by atoms with Gasteiger partial charge in [0.05, 0.1) is 11.4 Å². The molecule has 0 saturated heterocycles. The van der Waals surface area contributed by atoms with Crippen molar-refractivity contribution in [1.29, 1.82) is 0 Å². The molecule has 2 aromatic rings. The molecule has 0 aromatic carbocycles. The van der Waals surface area contributed by atoms with Gasteiger partial charge in [0, 0.05) is 25.0 Å². The standard InChI is InChI=1S/C14H20N4O2S/c1-5-18-12(4)14(11(3)16-18)21(19,20)17-10(2)13-6-8-15-9-7-13/h6-10,17H,5H2,1-4H3/t10-/m1/s1. The van der Waals surface area contributed by atoms with E-state index in [9.17, 15) is 8.42 Å².